The molecule has 0 spiro atoms. The smallest absolute Gasteiger partial charge is 0.309 e. The van der Waals surface area contributed by atoms with Gasteiger partial charge in [-0.3, -0.25) is 19.2 Å². The number of hydrogen-bond donors (Lipinski definition) is 7. The van der Waals surface area contributed by atoms with Crippen molar-refractivity contribution in [2.45, 2.75) is 261 Å². The van der Waals surface area contributed by atoms with Gasteiger partial charge in [0, 0.05) is 0 Å². The summed E-state index contributed by atoms with van der Waals surface area (Å²) in [5, 5.41) is 82.8. The second-order valence-corrected chi connectivity index (χ2v) is 33.6. The number of benzene rings is 4. The summed E-state index contributed by atoms with van der Waals surface area (Å²) in [5.74, 6) is -8.79. The zero-order valence-corrected chi connectivity index (χ0v) is 57.3. The lowest BCUT2D eigenvalue weighted by Gasteiger charge is -2.42. The summed E-state index contributed by atoms with van der Waals surface area (Å²) in [6.45, 7) is 47.4. The number of phenols is 4. The Morgan fingerprint density at radius 1 is 0.314 bits per heavy atom. The standard InChI is InChI=1S/C74H110O12/c1-66(2,3)50-30-42(31-51(58(50)75)67(4,5)6)26-46(62(79)80)38-74(39-47(63(81)82)27-43-32-52(68(7,8)9)59(76)53(33-43)69(10,11)12,40-48(64(83)84)28-44-34-54(70(13,14)15)60(77)55(35-44)71(16,17)18)41-49(65(85)86-25)29-45-36-56(72(19,20)21)61(78)57(37-45)73(22,23)24/h30-37,46-49,75-78H,26-29,38-41H2,1-25H3,(H,79,80)(H,81,82)(H,83,84). The molecule has 4 unspecified atom stereocenters. The lowest BCUT2D eigenvalue weighted by molar-refractivity contribution is -0.149. The number of hydrogen-bond acceptors (Lipinski definition) is 9. The number of ether oxygens (including phenoxy) is 1. The van der Waals surface area contributed by atoms with Gasteiger partial charge >= 0.3 is 23.9 Å². The van der Waals surface area contributed by atoms with E-state index in [4.69, 9.17) is 4.74 Å². The van der Waals surface area contributed by atoms with Crippen LogP contribution in [-0.2, 0) is 92.9 Å². The highest BCUT2D eigenvalue weighted by Gasteiger charge is 2.46. The molecule has 4 atom stereocenters. The largest absolute Gasteiger partial charge is 0.507 e. The zero-order valence-electron chi connectivity index (χ0n) is 57.3. The van der Waals surface area contributed by atoms with Crippen LogP contribution < -0.4 is 0 Å². The number of carbonyl (C=O) groups is 4. The lowest BCUT2D eigenvalue weighted by atomic mass is 9.61. The average Bonchev–Trinajstić information content (AvgIpc) is 1.47. The van der Waals surface area contributed by atoms with E-state index in [2.05, 4.69) is 0 Å². The van der Waals surface area contributed by atoms with Crippen LogP contribution in [0.15, 0.2) is 48.5 Å². The van der Waals surface area contributed by atoms with Gasteiger partial charge in [-0.05, 0) is 167 Å². The van der Waals surface area contributed by atoms with Gasteiger partial charge in [-0.15, -0.1) is 0 Å². The van der Waals surface area contributed by atoms with Gasteiger partial charge in [-0.25, -0.2) is 0 Å². The molecule has 0 aliphatic rings. The van der Waals surface area contributed by atoms with Crippen LogP contribution in [0.25, 0.3) is 0 Å². The van der Waals surface area contributed by atoms with Crippen LogP contribution in [-0.4, -0.2) is 66.7 Å². The Hall–Kier alpha value is -6.04. The normalized spacial score (nSPS) is 15.4. The summed E-state index contributed by atoms with van der Waals surface area (Å²) < 4.78 is 5.69. The van der Waals surface area contributed by atoms with Crippen molar-refractivity contribution in [2.24, 2.45) is 29.1 Å². The molecule has 0 radical (unpaired) electrons. The quantitative estimate of drug-likeness (QED) is 0.0411. The molecule has 0 heterocycles. The van der Waals surface area contributed by atoms with Crippen LogP contribution in [0.1, 0.15) is 259 Å². The molecule has 4 aromatic carbocycles. The van der Waals surface area contributed by atoms with Crippen molar-refractivity contribution < 1.29 is 59.7 Å². The lowest BCUT2D eigenvalue weighted by Crippen LogP contribution is -2.40. The van der Waals surface area contributed by atoms with Gasteiger partial charge < -0.3 is 40.5 Å². The van der Waals surface area contributed by atoms with E-state index in [9.17, 15) is 54.9 Å². The Morgan fingerprint density at radius 3 is 0.605 bits per heavy atom. The molecule has 86 heavy (non-hydrogen) atoms. The van der Waals surface area contributed by atoms with Crippen LogP contribution in [0.4, 0.5) is 0 Å². The first-order valence-electron chi connectivity index (χ1n) is 30.9. The van der Waals surface area contributed by atoms with Crippen molar-refractivity contribution in [3.8, 4) is 23.0 Å². The zero-order chi connectivity index (χ0) is 66.4. The van der Waals surface area contributed by atoms with Crippen LogP contribution in [0.5, 0.6) is 23.0 Å². The molecule has 7 N–H and O–H groups in total. The van der Waals surface area contributed by atoms with Crippen LogP contribution in [0, 0.1) is 29.1 Å². The molecule has 0 bridgehead atoms. The number of aromatic hydroxyl groups is 4. The predicted molar refractivity (Wildman–Crippen MR) is 347 cm³/mol. The molecular weight excluding hydrogens is 1080 g/mol. The van der Waals surface area contributed by atoms with Gasteiger partial charge in [0.05, 0.1) is 30.8 Å². The molecule has 0 aromatic heterocycles. The third-order valence-corrected chi connectivity index (χ3v) is 17.4. The maximum Gasteiger partial charge on any atom is 0.309 e. The highest BCUT2D eigenvalue weighted by atomic mass is 16.5. The minimum atomic E-state index is -1.59. The summed E-state index contributed by atoms with van der Waals surface area (Å²) in [7, 11) is 1.27. The van der Waals surface area contributed by atoms with Crippen molar-refractivity contribution >= 4 is 23.9 Å². The van der Waals surface area contributed by atoms with Crippen molar-refractivity contribution in [3.63, 3.8) is 0 Å². The predicted octanol–water partition coefficient (Wildman–Crippen LogP) is 16.6. The van der Waals surface area contributed by atoms with Crippen molar-refractivity contribution in [1.82, 2.24) is 0 Å². The van der Waals surface area contributed by atoms with E-state index in [0.29, 0.717) is 66.8 Å². The topological polar surface area (TPSA) is 219 Å². The molecule has 0 saturated heterocycles. The van der Waals surface area contributed by atoms with E-state index in [0.717, 1.165) is 0 Å². The van der Waals surface area contributed by atoms with Gasteiger partial charge in [-0.2, -0.15) is 0 Å². The average molecular weight is 1190 g/mol. The Balaban J connectivity index is 2.28. The Bertz CT molecular complexity index is 2730. The molecule has 0 fully saturated rings. The molecule has 4 rings (SSSR count). The number of methoxy groups -OCH3 is 1. The van der Waals surface area contributed by atoms with Crippen molar-refractivity contribution in [1.29, 1.82) is 0 Å². The summed E-state index contributed by atoms with van der Waals surface area (Å²) in [4.78, 5) is 58.3. The van der Waals surface area contributed by atoms with E-state index in [1.807, 2.05) is 215 Å². The summed E-state index contributed by atoms with van der Waals surface area (Å²) in [6.07, 6.45) is -1.28. The molecule has 0 amide bonds. The molecule has 12 heteroatoms. The van der Waals surface area contributed by atoms with Gasteiger partial charge in [0.25, 0.3) is 0 Å². The van der Waals surface area contributed by atoms with Gasteiger partial charge in [0.1, 0.15) is 23.0 Å². The number of carbonyl (C=O) groups excluding carboxylic acids is 1. The summed E-state index contributed by atoms with van der Waals surface area (Å²) >= 11 is 0. The molecule has 478 valence electrons. The van der Waals surface area contributed by atoms with E-state index in [1.54, 1.807) is 0 Å². The fourth-order valence-electron chi connectivity index (χ4n) is 12.7. The number of phenolic OH excluding ortho intramolecular Hbond substituents is 4. The SMILES string of the molecule is COC(=O)C(Cc1cc(C(C)(C)C)c(O)c(C(C)(C)C)c1)CC(CC(Cc1cc(C(C)(C)C)c(O)c(C(C)(C)C)c1)C(=O)O)(CC(Cc1cc(C(C)(C)C)c(O)c(C(C)(C)C)c1)C(=O)O)CC(Cc1cc(C(C)(C)C)c(O)c(C(C)(C)C)c1)C(=O)O. The van der Waals surface area contributed by atoms with Crippen LogP contribution in [0.3, 0.4) is 0 Å². The van der Waals surface area contributed by atoms with Crippen molar-refractivity contribution in [2.75, 3.05) is 7.11 Å². The van der Waals surface area contributed by atoms with Gasteiger partial charge in [0.15, 0.2) is 0 Å². The Kier molecular flexibility index (Phi) is 21.5. The molecule has 0 saturated carbocycles. The first-order chi connectivity index (χ1) is 38.6. The first-order valence-corrected chi connectivity index (χ1v) is 30.9. The monoisotopic (exact) mass is 1190 g/mol. The minimum Gasteiger partial charge on any atom is -0.507 e. The molecular formula is C74H110O12. The third-order valence-electron chi connectivity index (χ3n) is 17.4. The molecule has 0 aliphatic carbocycles. The number of aliphatic carboxylic acids is 3. The summed E-state index contributed by atoms with van der Waals surface area (Å²) in [5.41, 5.74) is 1.37. The highest BCUT2D eigenvalue weighted by Crippen LogP contribution is 2.51. The maximum absolute atomic E-state index is 14.9. The first kappa shape index (κ1) is 72.4. The van der Waals surface area contributed by atoms with Gasteiger partial charge in [-0.1, -0.05) is 215 Å². The summed E-state index contributed by atoms with van der Waals surface area (Å²) in [6, 6.07) is 14.7. The van der Waals surface area contributed by atoms with E-state index in [1.165, 1.54) is 7.11 Å². The minimum absolute atomic E-state index is 0.0135. The second-order valence-electron chi connectivity index (χ2n) is 33.6. The van der Waals surface area contributed by atoms with Crippen LogP contribution >= 0.6 is 0 Å². The molecule has 0 aliphatic heterocycles. The van der Waals surface area contributed by atoms with E-state index < -0.39 is 96.3 Å². The number of esters is 1. The highest BCUT2D eigenvalue weighted by molar-refractivity contribution is 5.75. The molecule has 4 aromatic rings. The number of carboxylic acid groups (broad SMARTS) is 3. The van der Waals surface area contributed by atoms with E-state index >= 15 is 0 Å². The molecule has 12 nitrogen and oxygen atoms in total. The fraction of sp³-hybridized carbons (Fsp3) is 0.622. The van der Waals surface area contributed by atoms with E-state index in [-0.39, 0.29) is 74.4 Å². The third kappa shape index (κ3) is 18.0. The number of rotatable bonds is 20. The van der Waals surface area contributed by atoms with Crippen molar-refractivity contribution in [3.05, 3.63) is 115 Å². The Labute approximate surface area is 516 Å². The maximum atomic E-state index is 14.9. The fourth-order valence-corrected chi connectivity index (χ4v) is 12.7. The number of carboxylic acids is 3. The second kappa shape index (κ2) is 25.6. The van der Waals surface area contributed by atoms with Crippen LogP contribution in [0.2, 0.25) is 0 Å². The Morgan fingerprint density at radius 2 is 0.465 bits per heavy atom. The van der Waals surface area contributed by atoms with Gasteiger partial charge in [0.2, 0.25) is 0 Å².